The zero-order valence-electron chi connectivity index (χ0n) is 10.8. The van der Waals surface area contributed by atoms with E-state index in [2.05, 4.69) is 0 Å². The van der Waals surface area contributed by atoms with Crippen LogP contribution in [0.2, 0.25) is 0 Å². The first-order valence-corrected chi connectivity index (χ1v) is 6.56. The van der Waals surface area contributed by atoms with Crippen LogP contribution in [-0.2, 0) is 6.61 Å². The van der Waals surface area contributed by atoms with Crippen molar-refractivity contribution in [2.45, 2.75) is 6.61 Å². The number of ether oxygens (including phenoxy) is 2. The molecule has 2 aromatic rings. The van der Waals surface area contributed by atoms with Crippen LogP contribution in [0.25, 0.3) is 0 Å². The third kappa shape index (κ3) is 3.45. The number of nitrogens with zero attached hydrogens (tertiary/aromatic N) is 2. The highest BCUT2D eigenvalue weighted by molar-refractivity contribution is 7.13. The maximum Gasteiger partial charge on any atom is 0.324 e. The second kappa shape index (κ2) is 6.18. The molecule has 1 heterocycles. The number of non-ortho nitro benzene ring substituents is 1. The molecule has 9 heteroatoms. The summed E-state index contributed by atoms with van der Waals surface area (Å²) in [4.78, 5) is 20.3. The van der Waals surface area contributed by atoms with Gasteiger partial charge in [0.05, 0.1) is 23.0 Å². The Hall–Kier alpha value is -2.68. The molecule has 2 rings (SSSR count). The SMILES string of the molecule is COc1ccc([N+](=O)[O-])cc1OCc1csc([N+](=O)[O-])c1. The maximum atomic E-state index is 10.7. The second-order valence-electron chi connectivity index (χ2n) is 3.93. The lowest BCUT2D eigenvalue weighted by atomic mass is 10.3. The Morgan fingerprint density at radius 1 is 1.14 bits per heavy atom. The molecule has 0 bridgehead atoms. The van der Waals surface area contributed by atoms with E-state index in [-0.39, 0.29) is 23.0 Å². The van der Waals surface area contributed by atoms with Crippen LogP contribution >= 0.6 is 11.3 Å². The van der Waals surface area contributed by atoms with Crippen molar-refractivity contribution < 1.29 is 19.3 Å². The van der Waals surface area contributed by atoms with Crippen LogP contribution in [0.5, 0.6) is 11.5 Å². The van der Waals surface area contributed by atoms with Gasteiger partial charge < -0.3 is 9.47 Å². The standard InChI is InChI=1S/C12H10N2O6S/c1-19-10-3-2-9(13(15)16)5-11(10)20-6-8-4-12(14(17)18)21-7-8/h2-5,7H,6H2,1H3. The smallest absolute Gasteiger partial charge is 0.324 e. The third-order valence-electron chi connectivity index (χ3n) is 2.57. The molecular formula is C12H10N2O6S. The summed E-state index contributed by atoms with van der Waals surface area (Å²) in [7, 11) is 1.42. The van der Waals surface area contributed by atoms with Crippen LogP contribution in [0.15, 0.2) is 29.6 Å². The molecule has 0 aliphatic heterocycles. The average molecular weight is 310 g/mol. The minimum Gasteiger partial charge on any atom is -0.493 e. The average Bonchev–Trinajstić information content (AvgIpc) is 2.93. The largest absolute Gasteiger partial charge is 0.493 e. The van der Waals surface area contributed by atoms with Crippen molar-refractivity contribution in [3.63, 3.8) is 0 Å². The lowest BCUT2D eigenvalue weighted by Crippen LogP contribution is -1.98. The fourth-order valence-electron chi connectivity index (χ4n) is 1.59. The molecule has 1 aromatic carbocycles. The lowest BCUT2D eigenvalue weighted by molar-refractivity contribution is -0.385. The van der Waals surface area contributed by atoms with E-state index in [1.54, 1.807) is 5.38 Å². The fourth-order valence-corrected chi connectivity index (χ4v) is 2.30. The first-order chi connectivity index (χ1) is 10.0. The Morgan fingerprint density at radius 2 is 1.90 bits per heavy atom. The number of benzene rings is 1. The van der Waals surface area contributed by atoms with Gasteiger partial charge >= 0.3 is 5.00 Å². The normalized spacial score (nSPS) is 10.1. The van der Waals surface area contributed by atoms with E-state index in [1.807, 2.05) is 0 Å². The molecule has 0 N–H and O–H groups in total. The van der Waals surface area contributed by atoms with Gasteiger partial charge in [0.1, 0.15) is 6.61 Å². The van der Waals surface area contributed by atoms with E-state index < -0.39 is 9.85 Å². The van der Waals surface area contributed by atoms with Gasteiger partial charge in [-0.3, -0.25) is 20.2 Å². The zero-order valence-corrected chi connectivity index (χ0v) is 11.7. The predicted octanol–water partition coefficient (Wildman–Crippen LogP) is 3.15. The summed E-state index contributed by atoms with van der Waals surface area (Å²) in [5.74, 6) is 0.561. The monoisotopic (exact) mass is 310 g/mol. The lowest BCUT2D eigenvalue weighted by Gasteiger charge is -2.09. The number of nitro benzene ring substituents is 1. The van der Waals surface area contributed by atoms with Gasteiger partial charge in [-0.2, -0.15) is 0 Å². The predicted molar refractivity (Wildman–Crippen MR) is 75.0 cm³/mol. The molecule has 0 saturated heterocycles. The first-order valence-electron chi connectivity index (χ1n) is 5.68. The van der Waals surface area contributed by atoms with Crippen molar-refractivity contribution in [2.24, 2.45) is 0 Å². The first kappa shape index (κ1) is 14.7. The van der Waals surface area contributed by atoms with E-state index >= 15 is 0 Å². The highest BCUT2D eigenvalue weighted by Crippen LogP contribution is 2.32. The van der Waals surface area contributed by atoms with Gasteiger partial charge in [0.15, 0.2) is 11.5 Å². The minimum atomic E-state index is -0.540. The molecule has 0 aliphatic carbocycles. The molecule has 0 radical (unpaired) electrons. The van der Waals surface area contributed by atoms with Gasteiger partial charge in [-0.1, -0.05) is 11.3 Å². The molecule has 0 aliphatic rings. The molecule has 0 amide bonds. The molecule has 110 valence electrons. The maximum absolute atomic E-state index is 10.7. The van der Waals surface area contributed by atoms with Crippen molar-refractivity contribution in [1.82, 2.24) is 0 Å². The highest BCUT2D eigenvalue weighted by atomic mass is 32.1. The van der Waals surface area contributed by atoms with Crippen molar-refractivity contribution in [3.8, 4) is 11.5 Å². The third-order valence-corrected chi connectivity index (χ3v) is 3.50. The Balaban J connectivity index is 2.15. The van der Waals surface area contributed by atoms with Crippen molar-refractivity contribution in [2.75, 3.05) is 7.11 Å². The summed E-state index contributed by atoms with van der Waals surface area (Å²) in [5.41, 5.74) is 0.488. The van der Waals surface area contributed by atoms with Crippen LogP contribution < -0.4 is 9.47 Å². The van der Waals surface area contributed by atoms with Gasteiger partial charge in [-0.25, -0.2) is 0 Å². The van der Waals surface area contributed by atoms with Crippen molar-refractivity contribution in [1.29, 1.82) is 0 Å². The van der Waals surface area contributed by atoms with Gasteiger partial charge in [0, 0.05) is 23.1 Å². The molecule has 0 spiro atoms. The van der Waals surface area contributed by atoms with Gasteiger partial charge in [-0.15, -0.1) is 0 Å². The summed E-state index contributed by atoms with van der Waals surface area (Å²) < 4.78 is 10.5. The second-order valence-corrected chi connectivity index (χ2v) is 4.82. The van der Waals surface area contributed by atoms with Crippen molar-refractivity contribution >= 4 is 22.0 Å². The summed E-state index contributed by atoms with van der Waals surface area (Å²) in [6.07, 6.45) is 0. The van der Waals surface area contributed by atoms with Crippen LogP contribution in [0.1, 0.15) is 5.56 Å². The molecule has 1 aromatic heterocycles. The van der Waals surface area contributed by atoms with Gasteiger partial charge in [0.2, 0.25) is 0 Å². The Morgan fingerprint density at radius 3 is 2.48 bits per heavy atom. The number of nitro groups is 2. The summed E-state index contributed by atoms with van der Waals surface area (Å²) in [6, 6.07) is 5.39. The van der Waals surface area contributed by atoms with Crippen LogP contribution in [0.4, 0.5) is 10.7 Å². The molecular weight excluding hydrogens is 300 g/mol. The molecule has 21 heavy (non-hydrogen) atoms. The molecule has 0 atom stereocenters. The summed E-state index contributed by atoms with van der Waals surface area (Å²) in [6.45, 7) is 0.0574. The Kier molecular flexibility index (Phi) is 4.33. The Labute approximate surface area is 122 Å². The van der Waals surface area contributed by atoms with Gasteiger partial charge in [-0.05, 0) is 6.07 Å². The topological polar surface area (TPSA) is 105 Å². The van der Waals surface area contributed by atoms with Crippen LogP contribution in [0, 0.1) is 20.2 Å². The quantitative estimate of drug-likeness (QED) is 0.599. The fraction of sp³-hybridized carbons (Fsp3) is 0.167. The Bertz CT molecular complexity index is 684. The number of hydrogen-bond donors (Lipinski definition) is 0. The molecule has 0 fully saturated rings. The summed E-state index contributed by atoms with van der Waals surface area (Å²) in [5, 5.41) is 22.9. The van der Waals surface area contributed by atoms with Crippen molar-refractivity contribution in [3.05, 3.63) is 55.4 Å². The van der Waals surface area contributed by atoms with E-state index in [0.29, 0.717) is 11.3 Å². The van der Waals surface area contributed by atoms with E-state index in [9.17, 15) is 20.2 Å². The number of methoxy groups -OCH3 is 1. The van der Waals surface area contributed by atoms with E-state index in [4.69, 9.17) is 9.47 Å². The number of thiophene rings is 1. The zero-order chi connectivity index (χ0) is 15.4. The summed E-state index contributed by atoms with van der Waals surface area (Å²) >= 11 is 0.992. The van der Waals surface area contributed by atoms with Crippen LogP contribution in [0.3, 0.4) is 0 Å². The number of rotatable bonds is 6. The van der Waals surface area contributed by atoms with E-state index in [0.717, 1.165) is 11.3 Å². The van der Waals surface area contributed by atoms with Crippen LogP contribution in [-0.4, -0.2) is 17.0 Å². The number of hydrogen-bond acceptors (Lipinski definition) is 7. The molecule has 8 nitrogen and oxygen atoms in total. The highest BCUT2D eigenvalue weighted by Gasteiger charge is 2.14. The van der Waals surface area contributed by atoms with E-state index in [1.165, 1.54) is 31.4 Å². The molecule has 0 unspecified atom stereocenters. The minimum absolute atomic E-state index is 0.0135. The molecule has 0 saturated carbocycles. The van der Waals surface area contributed by atoms with Gasteiger partial charge in [0.25, 0.3) is 5.69 Å².